The van der Waals surface area contributed by atoms with Crippen molar-refractivity contribution < 1.29 is 9.59 Å². The molecule has 0 spiro atoms. The van der Waals surface area contributed by atoms with Gasteiger partial charge in [-0.05, 0) is 83.4 Å². The third kappa shape index (κ3) is 3.91. The maximum Gasteiger partial charge on any atom is 0.229 e. The molecule has 2 heterocycles. The first-order valence-corrected chi connectivity index (χ1v) is 12.4. The topological polar surface area (TPSA) is 53.5 Å². The van der Waals surface area contributed by atoms with E-state index in [0.29, 0.717) is 19.6 Å². The molecule has 0 bridgehead atoms. The van der Waals surface area contributed by atoms with E-state index in [0.717, 1.165) is 40.9 Å². The molecule has 5 nitrogen and oxygen atoms in total. The van der Waals surface area contributed by atoms with E-state index in [4.69, 9.17) is 16.6 Å². The number of Topliss-reactive ketones (excluding diaryl/α,β-unsaturated/α-hetero) is 1. The summed E-state index contributed by atoms with van der Waals surface area (Å²) >= 11 is 9.91. The number of halogens is 2. The summed E-state index contributed by atoms with van der Waals surface area (Å²) in [5.41, 5.74) is 4.38. The number of rotatable bonds is 3. The van der Waals surface area contributed by atoms with Crippen LogP contribution in [0.4, 0.5) is 0 Å². The standard InChI is InChI=1S/C25H27BrClN3O2/c1-15(31)21-14-29(9-10-30(21)24(32)25(2)7-8-25)23-20-6-5-19(27)12-16(20)3-4-17-11-18(26)13-28-22(17)23/h5-6,11-13,21,23H,3-4,7-10,14H2,1-2H3/t21-,23+/m1/s1. The molecular weight excluding hydrogens is 490 g/mol. The van der Waals surface area contributed by atoms with E-state index < -0.39 is 6.04 Å². The van der Waals surface area contributed by atoms with Gasteiger partial charge in [-0.3, -0.25) is 19.5 Å². The summed E-state index contributed by atoms with van der Waals surface area (Å²) in [5, 5.41) is 0.734. The van der Waals surface area contributed by atoms with Crippen LogP contribution < -0.4 is 0 Å². The Hall–Kier alpha value is -1.76. The number of nitrogens with zero attached hydrogens (tertiary/aromatic N) is 3. The van der Waals surface area contributed by atoms with Crippen molar-refractivity contribution in [3.05, 3.63) is 62.3 Å². The third-order valence-corrected chi connectivity index (χ3v) is 7.98. The number of benzene rings is 1. The number of fused-ring (bicyclic) bond motifs is 2. The highest BCUT2D eigenvalue weighted by molar-refractivity contribution is 9.10. The first-order chi connectivity index (χ1) is 15.3. The molecule has 0 N–H and O–H groups in total. The van der Waals surface area contributed by atoms with Crippen LogP contribution >= 0.6 is 27.5 Å². The number of aromatic nitrogens is 1. The normalized spacial score (nSPS) is 24.3. The summed E-state index contributed by atoms with van der Waals surface area (Å²) in [5.74, 6) is 0.175. The highest BCUT2D eigenvalue weighted by Gasteiger charge is 2.50. The predicted octanol–water partition coefficient (Wildman–Crippen LogP) is 4.59. The molecule has 5 rings (SSSR count). The minimum Gasteiger partial charge on any atom is -0.330 e. The van der Waals surface area contributed by atoms with Gasteiger partial charge in [-0.25, -0.2) is 0 Å². The smallest absolute Gasteiger partial charge is 0.229 e. The zero-order valence-corrected chi connectivity index (χ0v) is 20.7. The van der Waals surface area contributed by atoms with Gasteiger partial charge in [0.25, 0.3) is 0 Å². The molecule has 168 valence electrons. The van der Waals surface area contributed by atoms with Gasteiger partial charge in [0.2, 0.25) is 5.91 Å². The number of piperazine rings is 1. The van der Waals surface area contributed by atoms with E-state index in [1.165, 1.54) is 16.7 Å². The first kappa shape index (κ1) is 22.1. The van der Waals surface area contributed by atoms with Crippen LogP contribution in [0.3, 0.4) is 0 Å². The van der Waals surface area contributed by atoms with Crippen LogP contribution in [0.15, 0.2) is 34.9 Å². The van der Waals surface area contributed by atoms with E-state index in [1.54, 1.807) is 6.92 Å². The Morgan fingerprint density at radius 1 is 1.16 bits per heavy atom. The number of amides is 1. The number of hydrogen-bond donors (Lipinski definition) is 0. The van der Waals surface area contributed by atoms with Gasteiger partial charge in [0.15, 0.2) is 5.78 Å². The largest absolute Gasteiger partial charge is 0.330 e. The maximum absolute atomic E-state index is 13.1. The second kappa shape index (κ2) is 8.23. The number of aryl methyl sites for hydroxylation is 2. The van der Waals surface area contributed by atoms with Crippen LogP contribution in [0.25, 0.3) is 0 Å². The van der Waals surface area contributed by atoms with Crippen molar-refractivity contribution >= 4 is 39.2 Å². The maximum atomic E-state index is 13.1. The molecule has 0 radical (unpaired) electrons. The Balaban J connectivity index is 1.54. The van der Waals surface area contributed by atoms with E-state index in [2.05, 4.69) is 39.0 Å². The molecule has 32 heavy (non-hydrogen) atoms. The number of hydrogen-bond acceptors (Lipinski definition) is 4. The number of carbonyl (C=O) groups excluding carboxylic acids is 2. The SMILES string of the molecule is CC(=O)[C@H]1CN([C@H]2c3ccc(Cl)cc3CCc3cc(Br)cnc32)CCN1C(=O)C1(C)CC1. The van der Waals surface area contributed by atoms with Gasteiger partial charge in [0, 0.05) is 40.7 Å². The molecule has 1 saturated carbocycles. The lowest BCUT2D eigenvalue weighted by atomic mass is 9.94. The van der Waals surface area contributed by atoms with Crippen LogP contribution in [0.2, 0.25) is 5.02 Å². The first-order valence-electron chi connectivity index (χ1n) is 11.2. The Kier molecular flexibility index (Phi) is 5.67. The molecule has 1 amide bonds. The zero-order valence-electron chi connectivity index (χ0n) is 18.4. The Morgan fingerprint density at radius 3 is 2.62 bits per heavy atom. The molecule has 2 fully saturated rings. The van der Waals surface area contributed by atoms with Crippen molar-refractivity contribution in [1.82, 2.24) is 14.8 Å². The predicted molar refractivity (Wildman–Crippen MR) is 128 cm³/mol. The zero-order chi connectivity index (χ0) is 22.6. The molecule has 0 unspecified atom stereocenters. The van der Waals surface area contributed by atoms with E-state index in [-0.39, 0.29) is 23.1 Å². The van der Waals surface area contributed by atoms with E-state index >= 15 is 0 Å². The summed E-state index contributed by atoms with van der Waals surface area (Å²) in [7, 11) is 0. The van der Waals surface area contributed by atoms with Crippen molar-refractivity contribution in [2.45, 2.75) is 51.6 Å². The molecule has 1 saturated heterocycles. The molecule has 1 aliphatic heterocycles. The van der Waals surface area contributed by atoms with Crippen LogP contribution in [-0.4, -0.2) is 52.2 Å². The number of ketones is 1. The molecule has 3 aliphatic rings. The third-order valence-electron chi connectivity index (χ3n) is 7.31. The molecule has 2 aliphatic carbocycles. The fourth-order valence-electron chi connectivity index (χ4n) is 5.16. The number of carbonyl (C=O) groups is 2. The Labute approximate surface area is 202 Å². The van der Waals surface area contributed by atoms with Gasteiger partial charge < -0.3 is 4.90 Å². The second-order valence-corrected chi connectivity index (χ2v) is 11.0. The minimum atomic E-state index is -0.424. The lowest BCUT2D eigenvalue weighted by Crippen LogP contribution is -2.59. The molecule has 7 heteroatoms. The van der Waals surface area contributed by atoms with E-state index in [9.17, 15) is 9.59 Å². The molecule has 2 aromatic rings. The van der Waals surface area contributed by atoms with E-state index in [1.807, 2.05) is 24.1 Å². The van der Waals surface area contributed by atoms with Gasteiger partial charge in [-0.2, -0.15) is 0 Å². The van der Waals surface area contributed by atoms with Crippen molar-refractivity contribution in [2.24, 2.45) is 5.41 Å². The summed E-state index contributed by atoms with van der Waals surface area (Å²) in [6.07, 6.45) is 5.46. The monoisotopic (exact) mass is 515 g/mol. The van der Waals surface area contributed by atoms with Crippen molar-refractivity contribution in [3.63, 3.8) is 0 Å². The van der Waals surface area contributed by atoms with Gasteiger partial charge in [-0.15, -0.1) is 0 Å². The van der Waals surface area contributed by atoms with Crippen molar-refractivity contribution in [2.75, 3.05) is 19.6 Å². The average molecular weight is 517 g/mol. The summed E-state index contributed by atoms with van der Waals surface area (Å²) in [6, 6.07) is 7.76. The fourth-order valence-corrected chi connectivity index (χ4v) is 5.73. The molecular formula is C25H27BrClN3O2. The molecule has 2 atom stereocenters. The molecule has 1 aromatic heterocycles. The van der Waals surface area contributed by atoms with Crippen molar-refractivity contribution in [3.8, 4) is 0 Å². The van der Waals surface area contributed by atoms with Gasteiger partial charge in [0.05, 0.1) is 11.7 Å². The lowest BCUT2D eigenvalue weighted by Gasteiger charge is -2.44. The van der Waals surface area contributed by atoms with Crippen LogP contribution in [0, 0.1) is 5.41 Å². The van der Waals surface area contributed by atoms with Gasteiger partial charge >= 0.3 is 0 Å². The number of pyridine rings is 1. The van der Waals surface area contributed by atoms with Crippen LogP contribution in [0.5, 0.6) is 0 Å². The van der Waals surface area contributed by atoms with Gasteiger partial charge in [0.1, 0.15) is 6.04 Å². The highest BCUT2D eigenvalue weighted by atomic mass is 79.9. The molecule has 1 aromatic carbocycles. The lowest BCUT2D eigenvalue weighted by molar-refractivity contribution is -0.146. The highest BCUT2D eigenvalue weighted by Crippen LogP contribution is 2.47. The Morgan fingerprint density at radius 2 is 1.91 bits per heavy atom. The van der Waals surface area contributed by atoms with Crippen LogP contribution in [0.1, 0.15) is 55.1 Å². The fraction of sp³-hybridized carbons (Fsp3) is 0.480. The minimum absolute atomic E-state index is 0.0428. The second-order valence-electron chi connectivity index (χ2n) is 9.62. The quantitative estimate of drug-likeness (QED) is 0.599. The summed E-state index contributed by atoms with van der Waals surface area (Å²) in [4.78, 5) is 34.8. The Bertz CT molecular complexity index is 1050. The summed E-state index contributed by atoms with van der Waals surface area (Å²) < 4.78 is 0.966. The van der Waals surface area contributed by atoms with Crippen molar-refractivity contribution in [1.29, 1.82) is 0 Å². The van der Waals surface area contributed by atoms with Gasteiger partial charge in [-0.1, -0.05) is 24.6 Å². The van der Waals surface area contributed by atoms with Crippen LogP contribution in [-0.2, 0) is 22.4 Å². The summed E-state index contributed by atoms with van der Waals surface area (Å²) in [6.45, 7) is 5.40. The average Bonchev–Trinajstić information content (AvgIpc) is 3.54.